The Kier molecular flexibility index (Phi) is 3.39. The van der Waals surface area contributed by atoms with Crippen molar-refractivity contribution < 1.29 is 9.21 Å². The third-order valence-corrected chi connectivity index (χ3v) is 3.76. The molecule has 0 radical (unpaired) electrons. The summed E-state index contributed by atoms with van der Waals surface area (Å²) in [6.07, 6.45) is 0. The van der Waals surface area contributed by atoms with Crippen molar-refractivity contribution in [2.24, 2.45) is 0 Å². The van der Waals surface area contributed by atoms with Crippen LogP contribution in [-0.2, 0) is 0 Å². The first-order valence-electron chi connectivity index (χ1n) is 7.61. The zero-order valence-corrected chi connectivity index (χ0v) is 13.0. The lowest BCUT2D eigenvalue weighted by Gasteiger charge is -2.08. The second-order valence-electron chi connectivity index (χ2n) is 5.56. The number of anilines is 2. The minimum Gasteiger partial charge on any atom is -0.441 e. The Morgan fingerprint density at radius 3 is 2.46 bits per heavy atom. The molecule has 4 aromatic rings. The number of amides is 2. The van der Waals surface area contributed by atoms with Crippen LogP contribution in [0.5, 0.6) is 0 Å². The second kappa shape index (κ2) is 5.70. The molecule has 0 saturated carbocycles. The fourth-order valence-corrected chi connectivity index (χ4v) is 2.68. The highest BCUT2D eigenvalue weighted by Gasteiger charge is 2.07. The molecule has 3 aromatic carbocycles. The van der Waals surface area contributed by atoms with Crippen molar-refractivity contribution in [1.82, 2.24) is 4.98 Å². The number of aromatic nitrogens is 1. The second-order valence-corrected chi connectivity index (χ2v) is 5.56. The number of nitrogens with one attached hydrogen (secondary N) is 2. The molecule has 5 nitrogen and oxygen atoms in total. The zero-order chi connectivity index (χ0) is 16.5. The Balaban J connectivity index is 1.51. The lowest BCUT2D eigenvalue weighted by atomic mass is 10.1. The van der Waals surface area contributed by atoms with Gasteiger partial charge in [-0.05, 0) is 41.1 Å². The van der Waals surface area contributed by atoms with Crippen molar-refractivity contribution in [2.45, 2.75) is 6.92 Å². The summed E-state index contributed by atoms with van der Waals surface area (Å²) in [5, 5.41) is 7.86. The first-order valence-corrected chi connectivity index (χ1v) is 7.61. The maximum atomic E-state index is 12.2. The van der Waals surface area contributed by atoms with Crippen molar-refractivity contribution in [3.05, 3.63) is 66.6 Å². The largest absolute Gasteiger partial charge is 0.441 e. The Morgan fingerprint density at radius 2 is 1.62 bits per heavy atom. The van der Waals surface area contributed by atoms with Crippen LogP contribution in [0.4, 0.5) is 16.2 Å². The number of aryl methyl sites for hydroxylation is 1. The Labute approximate surface area is 138 Å². The van der Waals surface area contributed by atoms with Crippen molar-refractivity contribution in [3.8, 4) is 0 Å². The van der Waals surface area contributed by atoms with Crippen LogP contribution in [0.1, 0.15) is 5.89 Å². The lowest BCUT2D eigenvalue weighted by molar-refractivity contribution is 0.262. The average molecular weight is 317 g/mol. The molecule has 0 fully saturated rings. The molecule has 0 atom stereocenters. The molecule has 0 unspecified atom stereocenters. The van der Waals surface area contributed by atoms with Crippen LogP contribution in [0.2, 0.25) is 0 Å². The summed E-state index contributed by atoms with van der Waals surface area (Å²) in [5.74, 6) is 0.600. The Morgan fingerprint density at radius 1 is 0.917 bits per heavy atom. The molecule has 1 heterocycles. The van der Waals surface area contributed by atoms with E-state index in [9.17, 15) is 4.79 Å². The predicted octanol–water partition coefficient (Wildman–Crippen LogP) is 4.93. The average Bonchev–Trinajstić information content (AvgIpc) is 2.94. The number of benzene rings is 3. The van der Waals surface area contributed by atoms with Crippen LogP contribution in [0.15, 0.2) is 65.1 Å². The normalized spacial score (nSPS) is 10.9. The fourth-order valence-electron chi connectivity index (χ4n) is 2.68. The summed E-state index contributed by atoms with van der Waals surface area (Å²) in [6.45, 7) is 1.79. The third-order valence-electron chi connectivity index (χ3n) is 3.76. The highest BCUT2D eigenvalue weighted by atomic mass is 16.3. The molecule has 0 aliphatic heterocycles. The van der Waals surface area contributed by atoms with Gasteiger partial charge in [0.15, 0.2) is 11.5 Å². The molecule has 0 saturated heterocycles. The van der Waals surface area contributed by atoms with Crippen LogP contribution in [0.25, 0.3) is 21.9 Å². The van der Waals surface area contributed by atoms with Crippen LogP contribution >= 0.6 is 0 Å². The number of urea groups is 1. The molecular weight excluding hydrogens is 302 g/mol. The van der Waals surface area contributed by atoms with Crippen LogP contribution in [0.3, 0.4) is 0 Å². The van der Waals surface area contributed by atoms with Gasteiger partial charge in [-0.15, -0.1) is 0 Å². The number of carbonyl (C=O) groups is 1. The van der Waals surface area contributed by atoms with Crippen molar-refractivity contribution in [1.29, 1.82) is 0 Å². The van der Waals surface area contributed by atoms with Gasteiger partial charge in [-0.2, -0.15) is 0 Å². The van der Waals surface area contributed by atoms with Gasteiger partial charge in [0.1, 0.15) is 5.52 Å². The third kappa shape index (κ3) is 2.79. The van der Waals surface area contributed by atoms with Crippen LogP contribution in [0, 0.1) is 6.92 Å². The molecule has 2 N–H and O–H groups in total. The van der Waals surface area contributed by atoms with Gasteiger partial charge in [0, 0.05) is 18.3 Å². The molecule has 4 rings (SSSR count). The molecule has 118 valence electrons. The summed E-state index contributed by atoms with van der Waals surface area (Å²) in [7, 11) is 0. The Bertz CT molecular complexity index is 1050. The SMILES string of the molecule is Cc1nc2cc(NC(=O)Nc3ccc4ccccc4c3)ccc2o1. The first-order chi connectivity index (χ1) is 11.7. The van der Waals surface area contributed by atoms with E-state index < -0.39 is 0 Å². The van der Waals surface area contributed by atoms with E-state index >= 15 is 0 Å². The monoisotopic (exact) mass is 317 g/mol. The van der Waals surface area contributed by atoms with Gasteiger partial charge in [0.25, 0.3) is 0 Å². The smallest absolute Gasteiger partial charge is 0.323 e. The molecule has 0 bridgehead atoms. The summed E-state index contributed by atoms with van der Waals surface area (Å²) in [6, 6.07) is 18.9. The number of hydrogen-bond donors (Lipinski definition) is 2. The highest BCUT2D eigenvalue weighted by Crippen LogP contribution is 2.21. The molecule has 1 aromatic heterocycles. The zero-order valence-electron chi connectivity index (χ0n) is 13.0. The molecule has 0 aliphatic rings. The van der Waals surface area contributed by atoms with Gasteiger partial charge >= 0.3 is 6.03 Å². The van der Waals surface area contributed by atoms with Crippen molar-refractivity contribution in [2.75, 3.05) is 10.6 Å². The molecule has 0 aliphatic carbocycles. The minimum absolute atomic E-state index is 0.301. The van der Waals surface area contributed by atoms with Gasteiger partial charge in [-0.1, -0.05) is 30.3 Å². The molecular formula is C19H15N3O2. The van der Waals surface area contributed by atoms with E-state index in [1.54, 1.807) is 25.1 Å². The maximum Gasteiger partial charge on any atom is 0.323 e. The van der Waals surface area contributed by atoms with E-state index in [2.05, 4.69) is 15.6 Å². The molecule has 5 heteroatoms. The van der Waals surface area contributed by atoms with Crippen molar-refractivity contribution in [3.63, 3.8) is 0 Å². The van der Waals surface area contributed by atoms with E-state index in [4.69, 9.17) is 4.42 Å². The lowest BCUT2D eigenvalue weighted by Crippen LogP contribution is -2.19. The molecule has 2 amide bonds. The number of rotatable bonds is 2. The summed E-state index contributed by atoms with van der Waals surface area (Å²) in [5.41, 5.74) is 2.82. The standard InChI is InChI=1S/C19H15N3O2/c1-12-20-17-11-16(8-9-18(17)24-12)22-19(23)21-15-7-6-13-4-2-3-5-14(13)10-15/h2-11H,1H3,(H2,21,22,23). The van der Waals surface area contributed by atoms with Gasteiger partial charge in [0.2, 0.25) is 0 Å². The van der Waals surface area contributed by atoms with E-state index in [0.29, 0.717) is 17.2 Å². The minimum atomic E-state index is -0.301. The number of oxazole rings is 1. The van der Waals surface area contributed by atoms with Gasteiger partial charge in [-0.25, -0.2) is 9.78 Å². The first kappa shape index (κ1) is 14.3. The maximum absolute atomic E-state index is 12.2. The van der Waals surface area contributed by atoms with E-state index in [1.807, 2.05) is 42.5 Å². The van der Waals surface area contributed by atoms with E-state index in [-0.39, 0.29) is 6.03 Å². The molecule has 0 spiro atoms. The van der Waals surface area contributed by atoms with Crippen molar-refractivity contribution >= 4 is 39.3 Å². The van der Waals surface area contributed by atoms with E-state index in [0.717, 1.165) is 22.0 Å². The van der Waals surface area contributed by atoms with Gasteiger partial charge < -0.3 is 15.1 Å². The van der Waals surface area contributed by atoms with Gasteiger partial charge in [0.05, 0.1) is 0 Å². The Hall–Kier alpha value is -3.34. The number of fused-ring (bicyclic) bond motifs is 2. The summed E-state index contributed by atoms with van der Waals surface area (Å²) >= 11 is 0. The summed E-state index contributed by atoms with van der Waals surface area (Å²) < 4.78 is 5.42. The topological polar surface area (TPSA) is 67.2 Å². The number of carbonyl (C=O) groups excluding carboxylic acids is 1. The van der Waals surface area contributed by atoms with Gasteiger partial charge in [-0.3, -0.25) is 0 Å². The van der Waals surface area contributed by atoms with Crippen LogP contribution in [-0.4, -0.2) is 11.0 Å². The summed E-state index contributed by atoms with van der Waals surface area (Å²) in [4.78, 5) is 16.5. The highest BCUT2D eigenvalue weighted by molar-refractivity contribution is 6.01. The van der Waals surface area contributed by atoms with Crippen LogP contribution < -0.4 is 10.6 Å². The number of nitrogens with zero attached hydrogens (tertiary/aromatic N) is 1. The predicted molar refractivity (Wildman–Crippen MR) is 95.3 cm³/mol. The molecule has 24 heavy (non-hydrogen) atoms. The fraction of sp³-hybridized carbons (Fsp3) is 0.0526. The van der Waals surface area contributed by atoms with E-state index in [1.165, 1.54) is 0 Å². The number of hydrogen-bond acceptors (Lipinski definition) is 3. The quantitative estimate of drug-likeness (QED) is 0.550.